The molecule has 2 aromatic rings. The largest absolute Gasteiger partial charge is 0.370 e. The van der Waals surface area contributed by atoms with E-state index in [1.54, 1.807) is 0 Å². The van der Waals surface area contributed by atoms with Gasteiger partial charge in [0.2, 0.25) is 0 Å². The van der Waals surface area contributed by atoms with Gasteiger partial charge in [0.25, 0.3) is 0 Å². The van der Waals surface area contributed by atoms with Crippen molar-refractivity contribution in [2.24, 2.45) is 34.4 Å². The monoisotopic (exact) mass is 357 g/mol. The average Bonchev–Trinajstić information content (AvgIpc) is 3.04. The zero-order valence-corrected chi connectivity index (χ0v) is 15.7. The molecule has 0 spiro atoms. The first-order valence-electron chi connectivity index (χ1n) is 10.5. The standard InChI is InChI=1S/C24H27N3/c25-24(27-23-17-9-14-8-15(11-17)12-18(23)10-14)26-22-7-3-6-20-19-5-2-1-4-16(19)13-21(20)22/h1-7,14-15,17-18,23H,8-13H2,(H3,25,26,27). The lowest BCUT2D eigenvalue weighted by Crippen LogP contribution is -2.48. The molecule has 4 bridgehead atoms. The van der Waals surface area contributed by atoms with Crippen LogP contribution < -0.4 is 11.1 Å². The number of aliphatic imine (C=N–C) groups is 1. The van der Waals surface area contributed by atoms with Crippen LogP contribution in [0, 0.1) is 23.7 Å². The maximum Gasteiger partial charge on any atom is 0.193 e. The Morgan fingerprint density at radius 3 is 2.33 bits per heavy atom. The number of nitrogens with zero attached hydrogens (tertiary/aromatic N) is 1. The van der Waals surface area contributed by atoms with Gasteiger partial charge >= 0.3 is 0 Å². The molecule has 0 atom stereocenters. The second-order valence-corrected chi connectivity index (χ2v) is 9.23. The molecular weight excluding hydrogens is 330 g/mol. The molecular formula is C24H27N3. The summed E-state index contributed by atoms with van der Waals surface area (Å²) in [6, 6.07) is 15.6. The van der Waals surface area contributed by atoms with E-state index in [1.807, 2.05) is 0 Å². The van der Waals surface area contributed by atoms with Crippen molar-refractivity contribution in [3.05, 3.63) is 53.6 Å². The molecule has 0 amide bonds. The molecule has 3 nitrogen and oxygen atoms in total. The highest BCUT2D eigenvalue weighted by molar-refractivity contribution is 5.95. The molecule has 138 valence electrons. The fourth-order valence-corrected chi connectivity index (χ4v) is 6.71. The first kappa shape index (κ1) is 15.7. The molecule has 3 N–H and O–H groups in total. The van der Waals surface area contributed by atoms with Crippen LogP contribution in [0.25, 0.3) is 11.1 Å². The summed E-state index contributed by atoms with van der Waals surface area (Å²) in [4.78, 5) is 5.03. The number of nitrogens with two attached hydrogens (primary N) is 1. The van der Waals surface area contributed by atoms with Crippen molar-refractivity contribution >= 4 is 11.6 Å². The maximum atomic E-state index is 6.42. The van der Waals surface area contributed by atoms with Gasteiger partial charge < -0.3 is 11.1 Å². The van der Waals surface area contributed by atoms with Crippen LogP contribution >= 0.6 is 0 Å². The summed E-state index contributed by atoms with van der Waals surface area (Å²) in [5, 5.41) is 3.46. The summed E-state index contributed by atoms with van der Waals surface area (Å²) in [6.07, 6.45) is 7.97. The van der Waals surface area contributed by atoms with E-state index in [4.69, 9.17) is 10.7 Å². The molecule has 0 aromatic heterocycles. The Bertz CT molecular complexity index is 901. The average molecular weight is 358 g/mol. The normalized spacial score (nSPS) is 33.0. The molecule has 0 heterocycles. The number of fused-ring (bicyclic) bond motifs is 3. The third kappa shape index (κ3) is 2.51. The number of anilines is 1. The zero-order valence-electron chi connectivity index (χ0n) is 15.7. The van der Waals surface area contributed by atoms with Crippen molar-refractivity contribution in [1.82, 2.24) is 0 Å². The van der Waals surface area contributed by atoms with Crippen molar-refractivity contribution in [2.75, 3.05) is 5.32 Å². The fourth-order valence-electron chi connectivity index (χ4n) is 6.71. The molecule has 0 saturated heterocycles. The van der Waals surface area contributed by atoms with Crippen molar-refractivity contribution < 1.29 is 0 Å². The number of hydrogen-bond donors (Lipinski definition) is 2. The lowest BCUT2D eigenvalue weighted by Gasteiger charge is -2.53. The van der Waals surface area contributed by atoms with Crippen molar-refractivity contribution in [2.45, 2.75) is 44.6 Å². The quantitative estimate of drug-likeness (QED) is 0.511. The second-order valence-electron chi connectivity index (χ2n) is 9.23. The number of nitrogens with one attached hydrogen (secondary N) is 1. The molecule has 4 fully saturated rings. The predicted octanol–water partition coefficient (Wildman–Crippen LogP) is 4.81. The van der Waals surface area contributed by atoms with Gasteiger partial charge in [0.05, 0.1) is 6.04 Å². The molecule has 3 heteroatoms. The van der Waals surface area contributed by atoms with E-state index in [2.05, 4.69) is 47.8 Å². The summed E-state index contributed by atoms with van der Waals surface area (Å²) in [7, 11) is 0. The van der Waals surface area contributed by atoms with Crippen LogP contribution in [0.4, 0.5) is 5.69 Å². The topological polar surface area (TPSA) is 50.4 Å². The van der Waals surface area contributed by atoms with Gasteiger partial charge in [-0.1, -0.05) is 36.4 Å². The van der Waals surface area contributed by atoms with E-state index in [1.165, 1.54) is 54.4 Å². The van der Waals surface area contributed by atoms with Crippen LogP contribution in [-0.2, 0) is 6.42 Å². The van der Waals surface area contributed by atoms with Crippen LogP contribution in [0.1, 0.15) is 43.2 Å². The third-order valence-corrected chi connectivity index (χ3v) is 7.58. The molecule has 27 heavy (non-hydrogen) atoms. The van der Waals surface area contributed by atoms with Crippen molar-refractivity contribution in [3.8, 4) is 11.1 Å². The minimum atomic E-state index is 0.444. The first-order chi connectivity index (χ1) is 13.2. The summed E-state index contributed by atoms with van der Waals surface area (Å²) in [5.41, 5.74) is 13.0. The Labute approximate surface area is 161 Å². The molecule has 0 radical (unpaired) electrons. The van der Waals surface area contributed by atoms with E-state index < -0.39 is 0 Å². The Morgan fingerprint density at radius 2 is 1.56 bits per heavy atom. The third-order valence-electron chi connectivity index (χ3n) is 7.58. The lowest BCUT2D eigenvalue weighted by molar-refractivity contribution is 0.00124. The predicted molar refractivity (Wildman–Crippen MR) is 111 cm³/mol. The number of hydrogen-bond acceptors (Lipinski definition) is 1. The van der Waals surface area contributed by atoms with Gasteiger partial charge in [0.1, 0.15) is 0 Å². The molecule has 0 aliphatic heterocycles. The fraction of sp³-hybridized carbons (Fsp3) is 0.458. The maximum absolute atomic E-state index is 6.42. The van der Waals surface area contributed by atoms with Gasteiger partial charge in [-0.15, -0.1) is 0 Å². The Morgan fingerprint density at radius 1 is 0.852 bits per heavy atom. The Kier molecular flexibility index (Phi) is 3.41. The summed E-state index contributed by atoms with van der Waals surface area (Å²) < 4.78 is 0. The van der Waals surface area contributed by atoms with Gasteiger partial charge in [0.15, 0.2) is 5.96 Å². The highest BCUT2D eigenvalue weighted by Crippen LogP contribution is 2.54. The molecule has 5 aliphatic rings. The molecule has 7 rings (SSSR count). The van der Waals surface area contributed by atoms with E-state index in [9.17, 15) is 0 Å². The van der Waals surface area contributed by atoms with Gasteiger partial charge in [-0.25, -0.2) is 4.99 Å². The van der Waals surface area contributed by atoms with E-state index in [0.29, 0.717) is 12.0 Å². The van der Waals surface area contributed by atoms with Gasteiger partial charge in [0, 0.05) is 12.1 Å². The Balaban J connectivity index is 1.27. The van der Waals surface area contributed by atoms with Gasteiger partial charge in [-0.3, -0.25) is 0 Å². The smallest absolute Gasteiger partial charge is 0.193 e. The number of rotatable bonds is 2. The van der Waals surface area contributed by atoms with Crippen molar-refractivity contribution in [3.63, 3.8) is 0 Å². The van der Waals surface area contributed by atoms with Crippen LogP contribution in [0.5, 0.6) is 0 Å². The van der Waals surface area contributed by atoms with Crippen LogP contribution in [0.15, 0.2) is 47.5 Å². The highest BCUT2D eigenvalue weighted by atomic mass is 15.1. The summed E-state index contributed by atoms with van der Waals surface area (Å²) >= 11 is 0. The summed E-state index contributed by atoms with van der Waals surface area (Å²) in [5.74, 6) is 4.10. The Hall–Kier alpha value is -2.29. The molecule has 5 aliphatic carbocycles. The zero-order chi connectivity index (χ0) is 18.0. The minimum absolute atomic E-state index is 0.444. The van der Waals surface area contributed by atoms with Gasteiger partial charge in [-0.05, 0) is 84.1 Å². The van der Waals surface area contributed by atoms with E-state index in [-0.39, 0.29) is 0 Å². The molecule has 2 aromatic carbocycles. The second kappa shape index (κ2) is 5.85. The molecule has 4 saturated carbocycles. The highest BCUT2D eigenvalue weighted by Gasteiger charge is 2.48. The van der Waals surface area contributed by atoms with E-state index in [0.717, 1.165) is 35.8 Å². The lowest BCUT2D eigenvalue weighted by atomic mass is 9.54. The summed E-state index contributed by atoms with van der Waals surface area (Å²) in [6.45, 7) is 0. The first-order valence-corrected chi connectivity index (χ1v) is 10.5. The number of benzene rings is 2. The SMILES string of the molecule is NC(=NC1C2CC3CC(C2)CC1C3)Nc1cccc2c1Cc1ccccc1-2. The van der Waals surface area contributed by atoms with Gasteiger partial charge in [-0.2, -0.15) is 0 Å². The van der Waals surface area contributed by atoms with Crippen LogP contribution in [-0.4, -0.2) is 12.0 Å². The van der Waals surface area contributed by atoms with E-state index >= 15 is 0 Å². The van der Waals surface area contributed by atoms with Crippen LogP contribution in [0.3, 0.4) is 0 Å². The minimum Gasteiger partial charge on any atom is -0.370 e. The molecule has 0 unspecified atom stereocenters. The van der Waals surface area contributed by atoms with Crippen LogP contribution in [0.2, 0.25) is 0 Å². The number of guanidine groups is 1. The van der Waals surface area contributed by atoms with Crippen molar-refractivity contribution in [1.29, 1.82) is 0 Å².